The highest BCUT2D eigenvalue weighted by Crippen LogP contribution is 2.34. The van der Waals surface area contributed by atoms with E-state index in [1.807, 2.05) is 0 Å². The number of nitrogens with one attached hydrogen (secondary N) is 1. The summed E-state index contributed by atoms with van der Waals surface area (Å²) in [6.07, 6.45) is 0. The second-order valence-electron chi connectivity index (χ2n) is 5.95. The van der Waals surface area contributed by atoms with Gasteiger partial charge >= 0.3 is 6.03 Å². The van der Waals surface area contributed by atoms with Gasteiger partial charge in [0.05, 0.1) is 19.9 Å². The van der Waals surface area contributed by atoms with Gasteiger partial charge in [-0.15, -0.1) is 0 Å². The van der Waals surface area contributed by atoms with Crippen LogP contribution in [0.1, 0.15) is 0 Å². The number of carbonyl (C=O) groups is 2. The van der Waals surface area contributed by atoms with Crippen molar-refractivity contribution in [2.24, 2.45) is 0 Å². The Morgan fingerprint density at radius 3 is 2.67 bits per heavy atom. The minimum absolute atomic E-state index is 0.127. The quantitative estimate of drug-likeness (QED) is 0.845. The zero-order valence-corrected chi connectivity index (χ0v) is 15.1. The second kappa shape index (κ2) is 7.94. The Hall–Kier alpha value is -3.29. The predicted molar refractivity (Wildman–Crippen MR) is 98.9 cm³/mol. The number of urea groups is 1. The number of halogens is 1. The van der Waals surface area contributed by atoms with Crippen LogP contribution in [-0.4, -0.2) is 50.7 Å². The van der Waals surface area contributed by atoms with Crippen LogP contribution in [0.25, 0.3) is 0 Å². The molecule has 7 nitrogen and oxygen atoms in total. The SMILES string of the molecule is COc1ccc(OC)c(N2CCN(CC(=O)Nc3cccc(F)c3)C2=O)c1. The summed E-state index contributed by atoms with van der Waals surface area (Å²) in [5, 5.41) is 2.59. The summed E-state index contributed by atoms with van der Waals surface area (Å²) in [4.78, 5) is 27.9. The van der Waals surface area contributed by atoms with Gasteiger partial charge in [-0.1, -0.05) is 6.07 Å². The first kappa shape index (κ1) is 18.5. The van der Waals surface area contributed by atoms with E-state index < -0.39 is 11.7 Å². The molecular formula is C19H20FN3O4. The number of nitrogens with zero attached hydrogens (tertiary/aromatic N) is 2. The lowest BCUT2D eigenvalue weighted by atomic mass is 10.2. The van der Waals surface area contributed by atoms with E-state index in [1.165, 1.54) is 35.1 Å². The van der Waals surface area contributed by atoms with E-state index in [1.54, 1.807) is 31.4 Å². The molecule has 0 unspecified atom stereocenters. The van der Waals surface area contributed by atoms with Crippen LogP contribution in [-0.2, 0) is 4.79 Å². The smallest absolute Gasteiger partial charge is 0.325 e. The minimum Gasteiger partial charge on any atom is -0.497 e. The highest BCUT2D eigenvalue weighted by atomic mass is 19.1. The minimum atomic E-state index is -0.443. The topological polar surface area (TPSA) is 71.1 Å². The molecule has 1 fully saturated rings. The number of methoxy groups -OCH3 is 2. The van der Waals surface area contributed by atoms with Gasteiger partial charge in [-0.25, -0.2) is 9.18 Å². The molecule has 1 aliphatic rings. The maximum atomic E-state index is 13.2. The van der Waals surface area contributed by atoms with Crippen LogP contribution in [0, 0.1) is 5.82 Å². The standard InChI is InChI=1S/C19H20FN3O4/c1-26-15-6-7-17(27-2)16(11-15)23-9-8-22(19(23)25)12-18(24)21-14-5-3-4-13(20)10-14/h3-7,10-11H,8-9,12H2,1-2H3,(H,21,24). The van der Waals surface area contributed by atoms with Crippen LogP contribution in [0.4, 0.5) is 20.6 Å². The zero-order chi connectivity index (χ0) is 19.4. The molecule has 0 radical (unpaired) electrons. The first-order valence-electron chi connectivity index (χ1n) is 8.35. The third-order valence-electron chi connectivity index (χ3n) is 4.21. The van der Waals surface area contributed by atoms with Crippen molar-refractivity contribution in [3.05, 3.63) is 48.3 Å². The van der Waals surface area contributed by atoms with Crippen molar-refractivity contribution in [2.45, 2.75) is 0 Å². The number of ether oxygens (including phenoxy) is 2. The average Bonchev–Trinajstić information content (AvgIpc) is 3.01. The maximum Gasteiger partial charge on any atom is 0.325 e. The van der Waals surface area contributed by atoms with Crippen LogP contribution in [0.5, 0.6) is 11.5 Å². The molecule has 8 heteroatoms. The van der Waals surface area contributed by atoms with Gasteiger partial charge in [0, 0.05) is 24.8 Å². The molecule has 0 spiro atoms. The first-order chi connectivity index (χ1) is 13.0. The van der Waals surface area contributed by atoms with Gasteiger partial charge in [0.15, 0.2) is 0 Å². The Balaban J connectivity index is 1.69. The second-order valence-corrected chi connectivity index (χ2v) is 5.95. The molecule has 2 aromatic rings. The van der Waals surface area contributed by atoms with Gasteiger partial charge in [0.2, 0.25) is 5.91 Å². The number of amides is 3. The van der Waals surface area contributed by atoms with Crippen molar-refractivity contribution in [3.63, 3.8) is 0 Å². The van der Waals surface area contributed by atoms with Crippen molar-refractivity contribution in [1.82, 2.24) is 4.90 Å². The number of rotatable bonds is 6. The van der Waals surface area contributed by atoms with Crippen LogP contribution in [0.15, 0.2) is 42.5 Å². The fourth-order valence-electron chi connectivity index (χ4n) is 2.90. The van der Waals surface area contributed by atoms with Gasteiger partial charge < -0.3 is 19.7 Å². The Morgan fingerprint density at radius 1 is 1.15 bits per heavy atom. The zero-order valence-electron chi connectivity index (χ0n) is 15.1. The van der Waals surface area contributed by atoms with E-state index in [4.69, 9.17) is 9.47 Å². The third kappa shape index (κ3) is 4.11. The number of carbonyl (C=O) groups excluding carboxylic acids is 2. The fraction of sp³-hybridized carbons (Fsp3) is 0.263. The van der Waals surface area contributed by atoms with E-state index in [9.17, 15) is 14.0 Å². The Kier molecular flexibility index (Phi) is 5.44. The summed E-state index contributed by atoms with van der Waals surface area (Å²) in [7, 11) is 3.07. The van der Waals surface area contributed by atoms with E-state index in [2.05, 4.69) is 5.32 Å². The number of hydrogen-bond acceptors (Lipinski definition) is 4. The van der Waals surface area contributed by atoms with Crippen molar-refractivity contribution in [3.8, 4) is 11.5 Å². The molecule has 2 aromatic carbocycles. The summed E-state index contributed by atoms with van der Waals surface area (Å²) >= 11 is 0. The van der Waals surface area contributed by atoms with E-state index >= 15 is 0 Å². The molecule has 0 bridgehead atoms. The molecule has 142 valence electrons. The van der Waals surface area contributed by atoms with E-state index in [0.29, 0.717) is 36.0 Å². The van der Waals surface area contributed by atoms with Crippen molar-refractivity contribution >= 4 is 23.3 Å². The Morgan fingerprint density at radius 2 is 1.96 bits per heavy atom. The lowest BCUT2D eigenvalue weighted by Crippen LogP contribution is -2.37. The van der Waals surface area contributed by atoms with Gasteiger partial charge in [0.1, 0.15) is 23.9 Å². The van der Waals surface area contributed by atoms with Crippen LogP contribution < -0.4 is 19.7 Å². The van der Waals surface area contributed by atoms with Crippen molar-refractivity contribution in [2.75, 3.05) is 44.1 Å². The monoisotopic (exact) mass is 373 g/mol. The lowest BCUT2D eigenvalue weighted by Gasteiger charge is -2.21. The molecule has 1 aliphatic heterocycles. The number of anilines is 2. The molecule has 0 atom stereocenters. The molecule has 1 heterocycles. The summed E-state index contributed by atoms with van der Waals surface area (Å²) in [6, 6.07) is 10.5. The summed E-state index contributed by atoms with van der Waals surface area (Å²) in [5.74, 6) is 0.297. The molecule has 0 saturated carbocycles. The van der Waals surface area contributed by atoms with Gasteiger partial charge in [-0.3, -0.25) is 9.69 Å². The summed E-state index contributed by atoms with van der Waals surface area (Å²) in [5.41, 5.74) is 0.924. The highest BCUT2D eigenvalue weighted by molar-refractivity contribution is 6.00. The number of benzene rings is 2. The normalized spacial score (nSPS) is 13.7. The van der Waals surface area contributed by atoms with Crippen LogP contribution in [0.2, 0.25) is 0 Å². The molecule has 0 aromatic heterocycles. The first-order valence-corrected chi connectivity index (χ1v) is 8.35. The molecule has 1 saturated heterocycles. The molecule has 3 amide bonds. The Labute approximate surface area is 156 Å². The average molecular weight is 373 g/mol. The van der Waals surface area contributed by atoms with Gasteiger partial charge in [-0.05, 0) is 30.3 Å². The maximum absolute atomic E-state index is 13.2. The fourth-order valence-corrected chi connectivity index (χ4v) is 2.90. The van der Waals surface area contributed by atoms with Gasteiger partial charge in [-0.2, -0.15) is 0 Å². The van der Waals surface area contributed by atoms with Crippen LogP contribution >= 0.6 is 0 Å². The number of hydrogen-bond donors (Lipinski definition) is 1. The van der Waals surface area contributed by atoms with E-state index in [0.717, 1.165) is 0 Å². The summed E-state index contributed by atoms with van der Waals surface area (Å²) < 4.78 is 23.8. The van der Waals surface area contributed by atoms with Crippen molar-refractivity contribution < 1.29 is 23.5 Å². The van der Waals surface area contributed by atoms with Gasteiger partial charge in [0.25, 0.3) is 0 Å². The highest BCUT2D eigenvalue weighted by Gasteiger charge is 2.32. The van der Waals surface area contributed by atoms with Crippen LogP contribution in [0.3, 0.4) is 0 Å². The van der Waals surface area contributed by atoms with Crippen molar-refractivity contribution in [1.29, 1.82) is 0 Å². The molecule has 27 heavy (non-hydrogen) atoms. The molecule has 3 rings (SSSR count). The molecular weight excluding hydrogens is 353 g/mol. The Bertz CT molecular complexity index is 859. The largest absolute Gasteiger partial charge is 0.497 e. The lowest BCUT2D eigenvalue weighted by molar-refractivity contribution is -0.116. The predicted octanol–water partition coefficient (Wildman–Crippen LogP) is 2.72. The molecule has 0 aliphatic carbocycles. The summed E-state index contributed by atoms with van der Waals surface area (Å²) in [6.45, 7) is 0.670. The van der Waals surface area contributed by atoms with E-state index in [-0.39, 0.29) is 12.6 Å². The third-order valence-corrected chi connectivity index (χ3v) is 4.21. The molecule has 1 N–H and O–H groups in total.